The molecule has 0 saturated carbocycles. The summed E-state index contributed by atoms with van der Waals surface area (Å²) in [5.74, 6) is 1.13. The van der Waals surface area contributed by atoms with Crippen molar-refractivity contribution in [2.45, 2.75) is 33.4 Å². The van der Waals surface area contributed by atoms with E-state index in [0.29, 0.717) is 34.7 Å². The SMILES string of the molecule is CCOC(=O)Cn1ccc2c(-c3noc(-c4ccc(OC(C)C)c(Cl)c4)n3)cccc21. The Bertz CT molecular complexity index is 1230. The van der Waals surface area contributed by atoms with Crippen LogP contribution in [0.25, 0.3) is 33.7 Å². The van der Waals surface area contributed by atoms with Crippen molar-refractivity contribution in [2.24, 2.45) is 0 Å². The van der Waals surface area contributed by atoms with E-state index in [-0.39, 0.29) is 18.6 Å². The second kappa shape index (κ2) is 8.81. The van der Waals surface area contributed by atoms with Gasteiger partial charge < -0.3 is 18.6 Å². The first kappa shape index (κ1) is 20.9. The number of hydrogen-bond donors (Lipinski definition) is 0. The molecule has 160 valence electrons. The molecule has 4 rings (SSSR count). The number of nitrogens with zero attached hydrogens (tertiary/aromatic N) is 3. The van der Waals surface area contributed by atoms with E-state index in [2.05, 4.69) is 10.1 Å². The van der Waals surface area contributed by atoms with Crippen LogP contribution in [0.15, 0.2) is 53.2 Å². The van der Waals surface area contributed by atoms with Crippen LogP contribution in [-0.4, -0.2) is 33.4 Å². The van der Waals surface area contributed by atoms with Crippen LogP contribution in [0, 0.1) is 0 Å². The van der Waals surface area contributed by atoms with Crippen molar-refractivity contribution in [2.75, 3.05) is 6.61 Å². The molecule has 0 amide bonds. The lowest BCUT2D eigenvalue weighted by Crippen LogP contribution is -2.12. The Morgan fingerprint density at radius 3 is 2.81 bits per heavy atom. The molecule has 0 aliphatic rings. The molecular weight excluding hydrogens is 418 g/mol. The van der Waals surface area contributed by atoms with Gasteiger partial charge in [-0.15, -0.1) is 0 Å². The topological polar surface area (TPSA) is 79.4 Å². The zero-order valence-corrected chi connectivity index (χ0v) is 18.2. The number of aromatic nitrogens is 3. The van der Waals surface area contributed by atoms with E-state index in [1.165, 1.54) is 0 Å². The van der Waals surface area contributed by atoms with E-state index in [0.717, 1.165) is 16.5 Å². The second-order valence-electron chi connectivity index (χ2n) is 7.22. The lowest BCUT2D eigenvalue weighted by atomic mass is 10.1. The van der Waals surface area contributed by atoms with Gasteiger partial charge >= 0.3 is 5.97 Å². The summed E-state index contributed by atoms with van der Waals surface area (Å²) in [5, 5.41) is 5.54. The summed E-state index contributed by atoms with van der Waals surface area (Å²) in [4.78, 5) is 16.4. The van der Waals surface area contributed by atoms with Gasteiger partial charge in [0.2, 0.25) is 5.82 Å². The molecule has 0 saturated heterocycles. The number of fused-ring (bicyclic) bond motifs is 1. The summed E-state index contributed by atoms with van der Waals surface area (Å²) in [7, 11) is 0. The van der Waals surface area contributed by atoms with Crippen LogP contribution in [0.2, 0.25) is 5.02 Å². The molecular formula is C23H22ClN3O4. The normalized spacial score (nSPS) is 11.3. The fraction of sp³-hybridized carbons (Fsp3) is 0.261. The van der Waals surface area contributed by atoms with E-state index >= 15 is 0 Å². The predicted molar refractivity (Wildman–Crippen MR) is 118 cm³/mol. The highest BCUT2D eigenvalue weighted by Gasteiger charge is 2.16. The van der Waals surface area contributed by atoms with Gasteiger partial charge in [0.05, 0.1) is 17.7 Å². The lowest BCUT2D eigenvalue weighted by Gasteiger charge is -2.11. The lowest BCUT2D eigenvalue weighted by molar-refractivity contribution is -0.143. The highest BCUT2D eigenvalue weighted by Crippen LogP contribution is 2.33. The van der Waals surface area contributed by atoms with Gasteiger partial charge in [-0.3, -0.25) is 4.79 Å². The van der Waals surface area contributed by atoms with Crippen molar-refractivity contribution < 1.29 is 18.8 Å². The first-order valence-corrected chi connectivity index (χ1v) is 10.4. The first-order valence-electron chi connectivity index (χ1n) is 10.0. The van der Waals surface area contributed by atoms with Gasteiger partial charge in [0.25, 0.3) is 5.89 Å². The summed E-state index contributed by atoms with van der Waals surface area (Å²) in [6.07, 6.45) is 1.87. The molecule has 0 radical (unpaired) electrons. The third-order valence-corrected chi connectivity index (χ3v) is 4.92. The smallest absolute Gasteiger partial charge is 0.325 e. The van der Waals surface area contributed by atoms with Crippen LogP contribution in [0.3, 0.4) is 0 Å². The molecule has 31 heavy (non-hydrogen) atoms. The maximum absolute atomic E-state index is 11.9. The van der Waals surface area contributed by atoms with Gasteiger partial charge in [-0.1, -0.05) is 28.9 Å². The molecule has 0 bridgehead atoms. The van der Waals surface area contributed by atoms with Crippen molar-refractivity contribution in [3.63, 3.8) is 0 Å². The predicted octanol–water partition coefficient (Wildman–Crippen LogP) is 5.36. The second-order valence-corrected chi connectivity index (χ2v) is 7.63. The Labute approximate surface area is 184 Å². The summed E-state index contributed by atoms with van der Waals surface area (Å²) in [6.45, 7) is 6.16. The third-order valence-electron chi connectivity index (χ3n) is 4.63. The number of hydrogen-bond acceptors (Lipinski definition) is 6. The van der Waals surface area contributed by atoms with Gasteiger partial charge in [0.15, 0.2) is 0 Å². The maximum Gasteiger partial charge on any atom is 0.325 e. The van der Waals surface area contributed by atoms with Gasteiger partial charge in [-0.05, 0) is 51.1 Å². The molecule has 0 spiro atoms. The Hall–Kier alpha value is -3.32. The fourth-order valence-electron chi connectivity index (χ4n) is 3.34. The Balaban J connectivity index is 1.64. The highest BCUT2D eigenvalue weighted by molar-refractivity contribution is 6.32. The number of carbonyl (C=O) groups excluding carboxylic acids is 1. The molecule has 0 aliphatic heterocycles. The number of esters is 1. The summed E-state index contributed by atoms with van der Waals surface area (Å²) >= 11 is 6.34. The van der Waals surface area contributed by atoms with E-state index < -0.39 is 0 Å². The number of benzene rings is 2. The first-order chi connectivity index (χ1) is 15.0. The van der Waals surface area contributed by atoms with Gasteiger partial charge in [0, 0.05) is 28.2 Å². The van der Waals surface area contributed by atoms with Crippen LogP contribution in [0.1, 0.15) is 20.8 Å². The van der Waals surface area contributed by atoms with Crippen molar-refractivity contribution in [3.05, 3.63) is 53.7 Å². The minimum atomic E-state index is -0.283. The van der Waals surface area contributed by atoms with E-state index in [1.807, 2.05) is 54.9 Å². The number of carbonyl (C=O) groups is 1. The molecule has 0 N–H and O–H groups in total. The number of rotatable bonds is 7. The van der Waals surface area contributed by atoms with Gasteiger partial charge in [-0.2, -0.15) is 4.98 Å². The van der Waals surface area contributed by atoms with Crippen LogP contribution >= 0.6 is 11.6 Å². The fourth-order valence-corrected chi connectivity index (χ4v) is 3.56. The monoisotopic (exact) mass is 439 g/mol. The molecule has 0 fully saturated rings. The minimum absolute atomic E-state index is 0.0231. The molecule has 0 unspecified atom stereocenters. The molecule has 0 aliphatic carbocycles. The van der Waals surface area contributed by atoms with E-state index in [9.17, 15) is 4.79 Å². The number of ether oxygens (including phenoxy) is 2. The van der Waals surface area contributed by atoms with Crippen LogP contribution in [0.5, 0.6) is 5.75 Å². The molecule has 7 nitrogen and oxygen atoms in total. The molecule has 2 heterocycles. The average molecular weight is 440 g/mol. The van der Waals surface area contributed by atoms with Crippen molar-refractivity contribution >= 4 is 28.5 Å². The standard InChI is InChI=1S/C23H22ClN3O4/c1-4-29-21(28)13-27-11-10-16-17(6-5-7-19(16)27)22-25-23(31-26-22)15-8-9-20(18(24)12-15)30-14(2)3/h5-12,14H,4,13H2,1-3H3. The van der Waals surface area contributed by atoms with Gasteiger partial charge in [0.1, 0.15) is 12.3 Å². The average Bonchev–Trinajstić information content (AvgIpc) is 3.37. The van der Waals surface area contributed by atoms with Crippen LogP contribution < -0.4 is 4.74 Å². The summed E-state index contributed by atoms with van der Waals surface area (Å²) < 4.78 is 18.1. The maximum atomic E-state index is 11.9. The highest BCUT2D eigenvalue weighted by atomic mass is 35.5. The Morgan fingerprint density at radius 1 is 1.23 bits per heavy atom. The van der Waals surface area contributed by atoms with Crippen LogP contribution in [0.4, 0.5) is 0 Å². The van der Waals surface area contributed by atoms with Crippen molar-refractivity contribution in [1.29, 1.82) is 0 Å². The van der Waals surface area contributed by atoms with Crippen LogP contribution in [-0.2, 0) is 16.1 Å². The Kier molecular flexibility index (Phi) is 5.95. The largest absolute Gasteiger partial charge is 0.489 e. The van der Waals surface area contributed by atoms with Gasteiger partial charge in [-0.25, -0.2) is 0 Å². The summed E-state index contributed by atoms with van der Waals surface area (Å²) in [6, 6.07) is 13.0. The summed E-state index contributed by atoms with van der Waals surface area (Å²) in [5.41, 5.74) is 2.39. The quantitative estimate of drug-likeness (QED) is 0.360. The third kappa shape index (κ3) is 4.41. The van der Waals surface area contributed by atoms with E-state index in [1.54, 1.807) is 19.1 Å². The zero-order valence-electron chi connectivity index (χ0n) is 17.5. The molecule has 2 aromatic carbocycles. The zero-order chi connectivity index (χ0) is 22.0. The Morgan fingerprint density at radius 2 is 2.06 bits per heavy atom. The molecule has 8 heteroatoms. The molecule has 4 aromatic rings. The van der Waals surface area contributed by atoms with Crippen molar-refractivity contribution in [1.82, 2.24) is 14.7 Å². The van der Waals surface area contributed by atoms with Crippen molar-refractivity contribution in [3.8, 4) is 28.6 Å². The molecule has 0 atom stereocenters. The minimum Gasteiger partial charge on any atom is -0.489 e. The number of halogens is 1. The molecule has 2 aromatic heterocycles. The van der Waals surface area contributed by atoms with E-state index in [4.69, 9.17) is 25.6 Å².